The zero-order valence-electron chi connectivity index (χ0n) is 8.48. The van der Waals surface area contributed by atoms with Crippen molar-refractivity contribution >= 4 is 18.4 Å². The lowest BCUT2D eigenvalue weighted by molar-refractivity contribution is -0.131. The van der Waals surface area contributed by atoms with Crippen LogP contribution in [0.25, 0.3) is 0 Å². The summed E-state index contributed by atoms with van der Waals surface area (Å²) in [6, 6.07) is 0. The number of rotatable bonds is 5. The molecule has 1 N–H and O–H groups in total. The van der Waals surface area contributed by atoms with Gasteiger partial charge in [0.05, 0.1) is 0 Å². The van der Waals surface area contributed by atoms with E-state index in [1.54, 1.807) is 0 Å². The highest BCUT2D eigenvalue weighted by atomic mass is 35.5. The van der Waals surface area contributed by atoms with Crippen LogP contribution in [0.2, 0.25) is 0 Å². The van der Waals surface area contributed by atoms with E-state index in [0.29, 0.717) is 0 Å². The molecule has 14 heavy (non-hydrogen) atoms. The van der Waals surface area contributed by atoms with Crippen molar-refractivity contribution in [2.75, 3.05) is 20.1 Å². The van der Waals surface area contributed by atoms with Crippen LogP contribution >= 0.6 is 12.4 Å². The van der Waals surface area contributed by atoms with Gasteiger partial charge in [-0.1, -0.05) is 18.7 Å². The van der Waals surface area contributed by atoms with Crippen molar-refractivity contribution in [1.82, 2.24) is 4.90 Å². The second-order valence-electron chi connectivity index (χ2n) is 2.34. The average Bonchev–Trinajstić information content (AvgIpc) is 2.06. The van der Waals surface area contributed by atoms with Crippen LogP contribution in [0.3, 0.4) is 0 Å². The first-order valence-corrected chi connectivity index (χ1v) is 3.84. The minimum atomic E-state index is -0.981. The van der Waals surface area contributed by atoms with Crippen molar-refractivity contribution in [2.24, 2.45) is 0 Å². The molecule has 0 aliphatic carbocycles. The van der Waals surface area contributed by atoms with Crippen molar-refractivity contribution in [3.63, 3.8) is 0 Å². The normalized spacial score (nSPS) is 7.57. The van der Waals surface area contributed by atoms with Gasteiger partial charge in [0.1, 0.15) is 0 Å². The van der Waals surface area contributed by atoms with Gasteiger partial charge in [0, 0.05) is 19.2 Å². The summed E-state index contributed by atoms with van der Waals surface area (Å²) in [5.74, 6) is -0.981. The molecule has 0 saturated heterocycles. The number of carbonyl (C=O) groups is 1. The Kier molecular flexibility index (Phi) is 19.3. The van der Waals surface area contributed by atoms with E-state index in [9.17, 15) is 4.79 Å². The van der Waals surface area contributed by atoms with Crippen LogP contribution in [0, 0.1) is 0 Å². The van der Waals surface area contributed by atoms with Crippen LogP contribution < -0.4 is 0 Å². The van der Waals surface area contributed by atoms with Gasteiger partial charge in [-0.3, -0.25) is 4.90 Å². The van der Waals surface area contributed by atoms with E-state index >= 15 is 0 Å². The maximum absolute atomic E-state index is 9.25. The number of likely N-dealkylation sites (N-methyl/N-ethyl adjacent to an activating group) is 1. The fraction of sp³-hybridized carbons (Fsp3) is 0.300. The van der Waals surface area contributed by atoms with Gasteiger partial charge in [0.2, 0.25) is 0 Å². The van der Waals surface area contributed by atoms with Gasteiger partial charge in [-0.2, -0.15) is 0 Å². The Morgan fingerprint density at radius 2 is 1.57 bits per heavy atom. The molecule has 0 radical (unpaired) electrons. The van der Waals surface area contributed by atoms with Crippen molar-refractivity contribution in [3.05, 3.63) is 38.0 Å². The summed E-state index contributed by atoms with van der Waals surface area (Å²) < 4.78 is 0. The SMILES string of the molecule is C=CC(=O)O.C=CCN(C)CC=C.Cl. The molecule has 0 amide bonds. The van der Waals surface area contributed by atoms with Gasteiger partial charge >= 0.3 is 5.97 Å². The lowest BCUT2D eigenvalue weighted by atomic mass is 10.5. The maximum Gasteiger partial charge on any atom is 0.327 e. The van der Waals surface area contributed by atoms with Crippen LogP contribution in [0.15, 0.2) is 38.0 Å². The third-order valence-corrected chi connectivity index (χ3v) is 1.06. The summed E-state index contributed by atoms with van der Waals surface area (Å²) in [4.78, 5) is 11.4. The highest BCUT2D eigenvalue weighted by Gasteiger charge is 1.86. The van der Waals surface area contributed by atoms with Gasteiger partial charge < -0.3 is 5.11 Å². The van der Waals surface area contributed by atoms with Crippen LogP contribution in [0.1, 0.15) is 0 Å². The molecule has 0 aliphatic rings. The van der Waals surface area contributed by atoms with Gasteiger partial charge in [-0.05, 0) is 7.05 Å². The average molecular weight is 220 g/mol. The third kappa shape index (κ3) is 22.4. The zero-order chi connectivity index (χ0) is 10.7. The summed E-state index contributed by atoms with van der Waals surface area (Å²) in [7, 11) is 2.03. The number of halogens is 1. The molecule has 0 saturated carbocycles. The summed E-state index contributed by atoms with van der Waals surface area (Å²) in [6.07, 6.45) is 4.59. The standard InChI is InChI=1S/C7H13N.C3H4O2.ClH/c1-4-6-8(3)7-5-2;1-2-3(4)5;/h4-5H,1-2,6-7H2,3H3;2H,1H2,(H,4,5);1H. The predicted octanol–water partition coefficient (Wildman–Crippen LogP) is 1.97. The number of carboxylic acid groups (broad SMARTS) is 1. The topological polar surface area (TPSA) is 40.5 Å². The number of hydrogen-bond donors (Lipinski definition) is 1. The second-order valence-corrected chi connectivity index (χ2v) is 2.34. The van der Waals surface area contributed by atoms with Crippen LogP contribution in [0.4, 0.5) is 0 Å². The molecule has 0 heterocycles. The monoisotopic (exact) mass is 219 g/mol. The molecule has 0 rings (SSSR count). The van der Waals surface area contributed by atoms with E-state index in [1.807, 2.05) is 19.2 Å². The lowest BCUT2D eigenvalue weighted by Gasteiger charge is -2.09. The number of nitrogens with zero attached hydrogens (tertiary/aromatic N) is 1. The van der Waals surface area contributed by atoms with Crippen molar-refractivity contribution < 1.29 is 9.90 Å². The van der Waals surface area contributed by atoms with Crippen molar-refractivity contribution in [3.8, 4) is 0 Å². The van der Waals surface area contributed by atoms with E-state index in [0.717, 1.165) is 19.2 Å². The van der Waals surface area contributed by atoms with E-state index in [4.69, 9.17) is 5.11 Å². The Morgan fingerprint density at radius 3 is 1.71 bits per heavy atom. The summed E-state index contributed by atoms with van der Waals surface area (Å²) in [6.45, 7) is 12.0. The third-order valence-electron chi connectivity index (χ3n) is 1.06. The van der Waals surface area contributed by atoms with Crippen LogP contribution in [0.5, 0.6) is 0 Å². The van der Waals surface area contributed by atoms with Crippen LogP contribution in [-0.2, 0) is 4.79 Å². The van der Waals surface area contributed by atoms with Gasteiger partial charge in [0.15, 0.2) is 0 Å². The molecule has 0 aliphatic heterocycles. The Hall–Kier alpha value is -1.06. The van der Waals surface area contributed by atoms with E-state index in [-0.39, 0.29) is 12.4 Å². The molecule has 0 fully saturated rings. The number of carboxylic acids is 1. The Bertz CT molecular complexity index is 171. The molecule has 82 valence electrons. The smallest absolute Gasteiger partial charge is 0.327 e. The molecule has 0 aromatic carbocycles. The Balaban J connectivity index is -0.000000177. The number of aliphatic carboxylic acids is 1. The first-order valence-electron chi connectivity index (χ1n) is 3.84. The molecular formula is C10H18ClNO2. The molecule has 4 heteroatoms. The summed E-state index contributed by atoms with van der Waals surface area (Å²) in [5, 5.41) is 7.60. The maximum atomic E-state index is 9.25. The minimum absolute atomic E-state index is 0. The van der Waals surface area contributed by atoms with Crippen molar-refractivity contribution in [1.29, 1.82) is 0 Å². The molecular weight excluding hydrogens is 202 g/mol. The fourth-order valence-corrected chi connectivity index (χ4v) is 0.515. The molecule has 3 nitrogen and oxygen atoms in total. The molecule has 0 unspecified atom stereocenters. The van der Waals surface area contributed by atoms with E-state index < -0.39 is 5.97 Å². The van der Waals surface area contributed by atoms with Crippen molar-refractivity contribution in [2.45, 2.75) is 0 Å². The predicted molar refractivity (Wildman–Crippen MR) is 63.0 cm³/mol. The highest BCUT2D eigenvalue weighted by Crippen LogP contribution is 1.80. The summed E-state index contributed by atoms with van der Waals surface area (Å²) in [5.41, 5.74) is 0. The molecule has 0 bridgehead atoms. The van der Waals surface area contributed by atoms with Crippen LogP contribution in [-0.4, -0.2) is 36.1 Å². The Morgan fingerprint density at radius 1 is 1.29 bits per heavy atom. The first kappa shape index (κ1) is 18.7. The second kappa shape index (κ2) is 14.5. The zero-order valence-corrected chi connectivity index (χ0v) is 9.30. The van der Waals surface area contributed by atoms with E-state index in [2.05, 4.69) is 24.6 Å². The van der Waals surface area contributed by atoms with Gasteiger partial charge in [0.25, 0.3) is 0 Å². The fourth-order valence-electron chi connectivity index (χ4n) is 0.515. The van der Waals surface area contributed by atoms with Gasteiger partial charge in [-0.25, -0.2) is 4.79 Å². The van der Waals surface area contributed by atoms with E-state index in [1.165, 1.54) is 0 Å². The largest absolute Gasteiger partial charge is 0.478 e. The molecule has 0 aromatic rings. The molecule has 0 aromatic heterocycles. The minimum Gasteiger partial charge on any atom is -0.478 e. The quantitative estimate of drug-likeness (QED) is 0.568. The first-order chi connectivity index (χ1) is 6.08. The molecule has 0 spiro atoms. The Labute approximate surface area is 91.8 Å². The highest BCUT2D eigenvalue weighted by molar-refractivity contribution is 5.85. The summed E-state index contributed by atoms with van der Waals surface area (Å²) >= 11 is 0. The molecule has 0 atom stereocenters. The van der Waals surface area contributed by atoms with Gasteiger partial charge in [-0.15, -0.1) is 25.6 Å². The lowest BCUT2D eigenvalue weighted by Crippen LogP contribution is -2.17. The number of hydrogen-bond acceptors (Lipinski definition) is 2.